The Hall–Kier alpha value is -3.04. The van der Waals surface area contributed by atoms with Gasteiger partial charge in [0.1, 0.15) is 44.5 Å². The molecule has 6 aliphatic rings. The summed E-state index contributed by atoms with van der Waals surface area (Å²) in [5.74, 6) is 0.104. The van der Waals surface area contributed by atoms with Crippen molar-refractivity contribution in [1.82, 2.24) is 9.89 Å². The Morgan fingerprint density at radius 3 is 2.38 bits per heavy atom. The third-order valence-corrected chi connectivity index (χ3v) is 19.5. The predicted molar refractivity (Wildman–Crippen MR) is 254 cm³/mol. The monoisotopic (exact) mass is 1030 g/mol. The van der Waals surface area contributed by atoms with Crippen molar-refractivity contribution in [3.63, 3.8) is 0 Å². The fourth-order valence-corrected chi connectivity index (χ4v) is 15.4. The van der Waals surface area contributed by atoms with Gasteiger partial charge in [0.05, 0.1) is 23.8 Å². The minimum absolute atomic E-state index is 0.0183. The number of nitrogens with zero attached hydrogens (tertiary/aromatic N) is 2. The van der Waals surface area contributed by atoms with Gasteiger partial charge in [0, 0.05) is 82.0 Å². The third kappa shape index (κ3) is 10.8. The van der Waals surface area contributed by atoms with Gasteiger partial charge in [-0.3, -0.25) is 9.32 Å². The van der Waals surface area contributed by atoms with Crippen LogP contribution in [0.3, 0.4) is 0 Å². The lowest BCUT2D eigenvalue weighted by molar-refractivity contribution is -0.0237. The molecule has 2 radical (unpaired) electrons. The number of carboxylic acids is 1. The van der Waals surface area contributed by atoms with Crippen LogP contribution in [0, 0.1) is 0 Å². The van der Waals surface area contributed by atoms with Crippen LogP contribution in [0.1, 0.15) is 100 Å². The number of aryl methyl sites for hydroxylation is 2. The highest BCUT2D eigenvalue weighted by atomic mass is 33.1. The smallest absolute Gasteiger partial charge is 0.478 e. The van der Waals surface area contributed by atoms with Gasteiger partial charge in [-0.05, 0) is 94.2 Å². The Balaban J connectivity index is 0.902. The molecule has 0 aliphatic carbocycles. The Kier molecular flexibility index (Phi) is 14.3. The van der Waals surface area contributed by atoms with Crippen molar-refractivity contribution < 1.29 is 75.3 Å². The summed E-state index contributed by atoms with van der Waals surface area (Å²) in [6.45, 7) is 7.31. The van der Waals surface area contributed by atoms with Crippen LogP contribution in [0.2, 0.25) is 0 Å². The second-order valence-electron chi connectivity index (χ2n) is 18.2. The zero-order chi connectivity index (χ0) is 48.3. The molecule has 3 aromatic carbocycles. The molecule has 0 saturated carbocycles. The van der Waals surface area contributed by atoms with Crippen molar-refractivity contribution in [2.24, 2.45) is 0 Å². The van der Waals surface area contributed by atoms with Gasteiger partial charge >= 0.3 is 29.4 Å². The van der Waals surface area contributed by atoms with Gasteiger partial charge in [0.2, 0.25) is 5.36 Å². The molecule has 19 nitrogen and oxygen atoms in total. The van der Waals surface area contributed by atoms with Gasteiger partial charge in [-0.2, -0.15) is 8.62 Å². The fourth-order valence-electron chi connectivity index (χ4n) is 10.1. The topological polar surface area (TPSA) is 260 Å². The summed E-state index contributed by atoms with van der Waals surface area (Å²) in [5, 5.41) is 16.0. The number of carbonyl (C=O) groups is 2. The van der Waals surface area contributed by atoms with Crippen molar-refractivity contribution in [3.8, 4) is 11.5 Å². The van der Waals surface area contributed by atoms with Gasteiger partial charge in [-0.25, -0.2) is 23.1 Å². The molecule has 364 valence electrons. The number of rotatable bonds is 17. The van der Waals surface area contributed by atoms with Crippen LogP contribution in [0.5, 0.6) is 11.5 Å². The summed E-state index contributed by atoms with van der Waals surface area (Å²) in [5.41, 5.74) is 8.63. The number of ether oxygens (including phenoxy) is 3. The van der Waals surface area contributed by atoms with Crippen molar-refractivity contribution in [2.75, 3.05) is 50.2 Å². The number of hydrogen-bond acceptors (Lipinski definition) is 14. The summed E-state index contributed by atoms with van der Waals surface area (Å²) >= 11 is 0. The fraction of sp³-hybridized carbons (Fsp3) is 0.512. The Labute approximate surface area is 401 Å². The van der Waals surface area contributed by atoms with E-state index >= 15 is 0 Å². The predicted octanol–water partition coefficient (Wildman–Crippen LogP) is 4.68. The molecule has 25 heteroatoms. The van der Waals surface area contributed by atoms with E-state index in [0.717, 1.165) is 105 Å². The van der Waals surface area contributed by atoms with E-state index in [1.54, 1.807) is 12.1 Å². The van der Waals surface area contributed by atoms with E-state index in [4.69, 9.17) is 36.4 Å². The van der Waals surface area contributed by atoms with Crippen LogP contribution >= 0.6 is 45.1 Å². The molecule has 68 heavy (non-hydrogen) atoms. The zero-order valence-corrected chi connectivity index (χ0v) is 41.6. The average Bonchev–Trinajstić information content (AvgIpc) is 3.63. The summed E-state index contributed by atoms with van der Waals surface area (Å²) < 4.78 is 67.5. The second kappa shape index (κ2) is 19.5. The van der Waals surface area contributed by atoms with Gasteiger partial charge < -0.3 is 49.1 Å². The molecule has 9 rings (SSSR count). The highest BCUT2D eigenvalue weighted by molar-refractivity contribution is 8.77. The number of nitrogens with one attached hydrogen (secondary N) is 1. The lowest BCUT2D eigenvalue weighted by Crippen LogP contribution is -2.45. The van der Waals surface area contributed by atoms with E-state index in [1.165, 1.54) is 61.0 Å². The van der Waals surface area contributed by atoms with E-state index in [2.05, 4.69) is 35.5 Å². The molecular formula is C43H52BN3O16P3S2+. The number of carbonyl (C=O) groups excluding carboxylic acids is 1. The van der Waals surface area contributed by atoms with Crippen molar-refractivity contribution >= 4 is 76.0 Å². The van der Waals surface area contributed by atoms with Crippen LogP contribution in [-0.4, -0.2) is 113 Å². The lowest BCUT2D eigenvalue weighted by atomic mass is 9.81. The molecule has 5 atom stereocenters. The molecule has 0 aromatic heterocycles. The molecular weight excluding hydrogens is 982 g/mol. The van der Waals surface area contributed by atoms with Crippen molar-refractivity contribution in [1.29, 1.82) is 0 Å². The molecule has 0 bridgehead atoms. The van der Waals surface area contributed by atoms with Crippen LogP contribution in [-0.2, 0) is 62.0 Å². The van der Waals surface area contributed by atoms with E-state index in [1.807, 2.05) is 13.8 Å². The SMILES string of the molecule is [B][C@H]1CC(OCSSC(C)(C)CNC(=O)c2ccc(C3=c4cc5c6c(c4Oc4c3cc3c7c4CCCN7CCC3)CCC[N+]=6CCC5)c(C(=O)O)c2)[C@@H](COP(=O)(O)OP(=O)(O)OP(=O)(O)O)O1. The number of fused-ring (bicyclic) bond motifs is 4. The first-order valence-electron chi connectivity index (χ1n) is 22.4. The summed E-state index contributed by atoms with van der Waals surface area (Å²) in [6.07, 6.45) is 6.08. The summed E-state index contributed by atoms with van der Waals surface area (Å²) in [6, 6.07) is 8.52. The molecule has 0 spiro atoms. The molecule has 1 saturated heterocycles. The Morgan fingerprint density at radius 1 is 0.912 bits per heavy atom. The first-order valence-corrected chi connectivity index (χ1v) is 29.2. The Bertz CT molecular complexity index is 2840. The number of carboxylic acid groups (broad SMARTS) is 1. The highest BCUT2D eigenvalue weighted by Gasteiger charge is 2.43. The summed E-state index contributed by atoms with van der Waals surface area (Å²) in [4.78, 5) is 66.4. The van der Waals surface area contributed by atoms with Gasteiger partial charge in [-0.1, -0.05) is 27.7 Å². The number of aromatic carboxylic acids is 1. The van der Waals surface area contributed by atoms with E-state index in [9.17, 15) is 38.2 Å². The van der Waals surface area contributed by atoms with Gasteiger partial charge in [0.15, 0.2) is 0 Å². The average molecular weight is 1030 g/mol. The first-order chi connectivity index (χ1) is 32.2. The number of amides is 1. The van der Waals surface area contributed by atoms with Gasteiger partial charge in [-0.15, -0.1) is 0 Å². The van der Waals surface area contributed by atoms with Crippen molar-refractivity contribution in [3.05, 3.63) is 85.4 Å². The normalized spacial score (nSPS) is 22.5. The minimum atomic E-state index is -5.70. The Morgan fingerprint density at radius 2 is 1.63 bits per heavy atom. The number of benzene rings is 3. The number of phosphoric ester groups is 1. The quantitative estimate of drug-likeness (QED) is 0.0210. The van der Waals surface area contributed by atoms with Crippen LogP contribution in [0.25, 0.3) is 5.57 Å². The summed E-state index contributed by atoms with van der Waals surface area (Å²) in [7, 11) is -8.05. The van der Waals surface area contributed by atoms with E-state index < -0.39 is 64.9 Å². The maximum atomic E-state index is 13.8. The van der Waals surface area contributed by atoms with E-state index in [-0.39, 0.29) is 30.0 Å². The molecule has 6 aliphatic heterocycles. The van der Waals surface area contributed by atoms with Gasteiger partial charge in [0.25, 0.3) is 5.91 Å². The van der Waals surface area contributed by atoms with E-state index in [0.29, 0.717) is 5.56 Å². The van der Waals surface area contributed by atoms with Crippen LogP contribution < -0.4 is 30.1 Å². The maximum absolute atomic E-state index is 13.8. The number of hydrogen-bond donors (Lipinski definition) is 6. The maximum Gasteiger partial charge on any atom is 0.490 e. The molecule has 1 fully saturated rings. The van der Waals surface area contributed by atoms with Crippen molar-refractivity contribution in [2.45, 2.75) is 94.6 Å². The largest absolute Gasteiger partial charge is 0.490 e. The zero-order valence-electron chi connectivity index (χ0n) is 37.3. The second-order valence-corrected chi connectivity index (χ2v) is 25.6. The number of anilines is 1. The molecule has 6 heterocycles. The highest BCUT2D eigenvalue weighted by Crippen LogP contribution is 2.66. The molecule has 6 N–H and O–H groups in total. The third-order valence-electron chi connectivity index (χ3n) is 12.8. The number of phosphoric acid groups is 3. The first kappa shape index (κ1) is 49.9. The molecule has 1 amide bonds. The molecule has 3 unspecified atom stereocenters. The standard InChI is InChI=1S/C43H51BN3O16P3S2/c1-43(2,68-67-23-58-33-20-35(44)60-34(33)21-59-65(54,55)63-66(56,57)62-64(51,52)53)22-45-41(48)26-11-12-27(30(19-26)42(49)50)36-31-17-24-7-3-13-46-15-5-9-28(37(24)46)39(31)61-40-29-10-6-16-47-14-4-8-25(38(29)47)18-32(36)40/h11-12,17-19,33-35H,3-10,13-16,20-23H2,1-2H3,(H5-,45,48,49,50,51,52,53,54,55,56,57)/p+1/t33?,34-,35-/m1/s1. The molecule has 3 aromatic rings. The lowest BCUT2D eigenvalue weighted by Gasteiger charge is -2.39. The van der Waals surface area contributed by atoms with Crippen LogP contribution in [0.4, 0.5) is 5.69 Å². The van der Waals surface area contributed by atoms with Crippen LogP contribution in [0.15, 0.2) is 30.3 Å². The minimum Gasteiger partial charge on any atom is -0.478 e.